The van der Waals surface area contributed by atoms with Crippen LogP contribution in [0.5, 0.6) is 0 Å². The van der Waals surface area contributed by atoms with Gasteiger partial charge < -0.3 is 9.32 Å². The van der Waals surface area contributed by atoms with Crippen LogP contribution in [0.25, 0.3) is 22.4 Å². The topological polar surface area (TPSA) is 46.3 Å². The highest BCUT2D eigenvalue weighted by Crippen LogP contribution is 2.27. The molecule has 1 amide bonds. The monoisotopic (exact) mass is 298 g/mol. The van der Waals surface area contributed by atoms with Gasteiger partial charge in [-0.15, -0.1) is 0 Å². The highest BCUT2D eigenvalue weighted by molar-refractivity contribution is 6.06. The van der Waals surface area contributed by atoms with Crippen molar-refractivity contribution >= 4 is 16.8 Å². The Labute approximate surface area is 127 Å². The van der Waals surface area contributed by atoms with Gasteiger partial charge in [-0.3, -0.25) is 4.79 Å². The molecule has 0 aliphatic heterocycles. The van der Waals surface area contributed by atoms with Crippen LogP contribution in [-0.4, -0.2) is 29.9 Å². The molecule has 1 aromatic carbocycles. The van der Waals surface area contributed by atoms with Gasteiger partial charge >= 0.3 is 0 Å². The lowest BCUT2D eigenvalue weighted by Gasteiger charge is -2.13. The summed E-state index contributed by atoms with van der Waals surface area (Å²) in [6.45, 7) is 1.84. The maximum Gasteiger partial charge on any atom is 0.254 e. The van der Waals surface area contributed by atoms with Crippen molar-refractivity contribution in [1.82, 2.24) is 9.88 Å². The summed E-state index contributed by atoms with van der Waals surface area (Å²) in [4.78, 5) is 18.3. The van der Waals surface area contributed by atoms with Gasteiger partial charge in [0.25, 0.3) is 5.91 Å². The molecule has 2 heterocycles. The van der Waals surface area contributed by atoms with Crippen molar-refractivity contribution in [2.24, 2.45) is 0 Å². The number of aryl methyl sites for hydroxylation is 1. The van der Waals surface area contributed by atoms with E-state index in [1.807, 2.05) is 13.0 Å². The van der Waals surface area contributed by atoms with Crippen LogP contribution in [0.3, 0.4) is 0 Å². The van der Waals surface area contributed by atoms with Crippen LogP contribution >= 0.6 is 0 Å². The number of pyridine rings is 1. The second kappa shape index (κ2) is 5.26. The average molecular weight is 298 g/mol. The molecule has 2 aromatic heterocycles. The van der Waals surface area contributed by atoms with E-state index in [4.69, 9.17) is 4.42 Å². The van der Waals surface area contributed by atoms with Crippen molar-refractivity contribution in [3.63, 3.8) is 0 Å². The number of hydrogen-bond acceptors (Lipinski definition) is 3. The molecule has 0 atom stereocenters. The van der Waals surface area contributed by atoms with E-state index in [9.17, 15) is 9.18 Å². The molecule has 22 heavy (non-hydrogen) atoms. The van der Waals surface area contributed by atoms with Crippen LogP contribution in [0, 0.1) is 12.7 Å². The maximum atomic E-state index is 13.5. The Morgan fingerprint density at radius 2 is 1.95 bits per heavy atom. The second-order valence-electron chi connectivity index (χ2n) is 5.33. The number of carbonyl (C=O) groups excluding carboxylic acids is 1. The van der Waals surface area contributed by atoms with Crippen molar-refractivity contribution in [2.75, 3.05) is 14.1 Å². The number of amides is 1. The number of aromatic nitrogens is 1. The molecule has 0 aliphatic rings. The zero-order valence-electron chi connectivity index (χ0n) is 12.6. The lowest BCUT2D eigenvalue weighted by atomic mass is 10.1. The molecule has 0 N–H and O–H groups in total. The third-order valence-electron chi connectivity index (χ3n) is 3.40. The number of rotatable bonds is 2. The van der Waals surface area contributed by atoms with E-state index >= 15 is 0 Å². The largest absolute Gasteiger partial charge is 0.460 e. The SMILES string of the molecule is Cc1ccc(-c2cc(C(=O)N(C)C)c3cc(F)ccc3n2)o1. The molecule has 0 aliphatic carbocycles. The molecule has 0 bridgehead atoms. The first kappa shape index (κ1) is 14.3. The van der Waals surface area contributed by atoms with Crippen LogP contribution in [0.4, 0.5) is 4.39 Å². The van der Waals surface area contributed by atoms with Crippen molar-refractivity contribution in [1.29, 1.82) is 0 Å². The molecule has 0 saturated carbocycles. The lowest BCUT2D eigenvalue weighted by molar-refractivity contribution is 0.0829. The summed E-state index contributed by atoms with van der Waals surface area (Å²) in [6, 6.07) is 9.50. The van der Waals surface area contributed by atoms with Gasteiger partial charge in [-0.2, -0.15) is 0 Å². The molecule has 112 valence electrons. The van der Waals surface area contributed by atoms with Gasteiger partial charge in [0, 0.05) is 19.5 Å². The molecular formula is C17H15FN2O2. The zero-order valence-corrected chi connectivity index (χ0v) is 12.6. The van der Waals surface area contributed by atoms with E-state index in [0.29, 0.717) is 27.9 Å². The molecule has 0 radical (unpaired) electrons. The number of furan rings is 1. The van der Waals surface area contributed by atoms with Crippen LogP contribution in [0.15, 0.2) is 40.8 Å². The smallest absolute Gasteiger partial charge is 0.254 e. The summed E-state index contributed by atoms with van der Waals surface area (Å²) < 4.78 is 19.1. The molecular weight excluding hydrogens is 283 g/mol. The summed E-state index contributed by atoms with van der Waals surface area (Å²) in [5, 5.41) is 0.491. The number of fused-ring (bicyclic) bond motifs is 1. The second-order valence-corrected chi connectivity index (χ2v) is 5.33. The molecule has 0 saturated heterocycles. The number of halogens is 1. The Morgan fingerprint density at radius 1 is 1.18 bits per heavy atom. The van der Waals surface area contributed by atoms with Crippen LogP contribution in [-0.2, 0) is 0 Å². The fraction of sp³-hybridized carbons (Fsp3) is 0.176. The van der Waals surface area contributed by atoms with Crippen LogP contribution < -0.4 is 0 Å². The van der Waals surface area contributed by atoms with Crippen molar-refractivity contribution in [3.8, 4) is 11.5 Å². The summed E-state index contributed by atoms with van der Waals surface area (Å²) in [5.41, 5.74) is 1.51. The van der Waals surface area contributed by atoms with Crippen LogP contribution in [0.1, 0.15) is 16.1 Å². The predicted molar refractivity (Wildman–Crippen MR) is 82.2 cm³/mol. The van der Waals surface area contributed by atoms with Gasteiger partial charge in [-0.1, -0.05) is 0 Å². The van der Waals surface area contributed by atoms with E-state index in [0.717, 1.165) is 5.76 Å². The first-order chi connectivity index (χ1) is 10.5. The van der Waals surface area contributed by atoms with Gasteiger partial charge in [0.2, 0.25) is 0 Å². The van der Waals surface area contributed by atoms with E-state index in [1.54, 1.807) is 32.3 Å². The van der Waals surface area contributed by atoms with Gasteiger partial charge in [-0.25, -0.2) is 9.37 Å². The Kier molecular flexibility index (Phi) is 3.41. The Hall–Kier alpha value is -2.69. The summed E-state index contributed by atoms with van der Waals surface area (Å²) >= 11 is 0. The zero-order chi connectivity index (χ0) is 15.9. The molecule has 0 spiro atoms. The fourth-order valence-electron chi connectivity index (χ4n) is 2.31. The molecule has 3 aromatic rings. The molecule has 5 heteroatoms. The minimum Gasteiger partial charge on any atom is -0.460 e. The van der Waals surface area contributed by atoms with E-state index in [-0.39, 0.29) is 5.91 Å². The summed E-state index contributed by atoms with van der Waals surface area (Å²) in [5.74, 6) is 0.735. The Morgan fingerprint density at radius 3 is 2.59 bits per heavy atom. The number of benzene rings is 1. The third-order valence-corrected chi connectivity index (χ3v) is 3.40. The van der Waals surface area contributed by atoms with Gasteiger partial charge in [0.1, 0.15) is 17.3 Å². The van der Waals surface area contributed by atoms with Crippen LogP contribution in [0.2, 0.25) is 0 Å². The average Bonchev–Trinajstić information content (AvgIpc) is 2.92. The van der Waals surface area contributed by atoms with Gasteiger partial charge in [-0.05, 0) is 43.3 Å². The number of hydrogen-bond donors (Lipinski definition) is 0. The first-order valence-electron chi connectivity index (χ1n) is 6.84. The lowest BCUT2D eigenvalue weighted by Crippen LogP contribution is -2.22. The summed E-state index contributed by atoms with van der Waals surface area (Å²) in [7, 11) is 3.31. The van der Waals surface area contributed by atoms with Gasteiger partial charge in [0.05, 0.1) is 11.1 Å². The highest BCUT2D eigenvalue weighted by atomic mass is 19.1. The number of nitrogens with zero attached hydrogens (tertiary/aromatic N) is 2. The maximum absolute atomic E-state index is 13.5. The summed E-state index contributed by atoms with van der Waals surface area (Å²) in [6.07, 6.45) is 0. The Balaban J connectivity index is 2.29. The molecule has 0 unspecified atom stereocenters. The minimum absolute atomic E-state index is 0.206. The van der Waals surface area contributed by atoms with E-state index < -0.39 is 5.82 Å². The van der Waals surface area contributed by atoms with E-state index in [1.165, 1.54) is 17.0 Å². The molecule has 4 nitrogen and oxygen atoms in total. The number of carbonyl (C=O) groups is 1. The quantitative estimate of drug-likeness (QED) is 0.725. The normalized spacial score (nSPS) is 10.9. The van der Waals surface area contributed by atoms with Crippen molar-refractivity contribution in [2.45, 2.75) is 6.92 Å². The first-order valence-corrected chi connectivity index (χ1v) is 6.84. The molecule has 0 fully saturated rings. The van der Waals surface area contributed by atoms with Crippen molar-refractivity contribution < 1.29 is 13.6 Å². The van der Waals surface area contributed by atoms with Gasteiger partial charge in [0.15, 0.2) is 5.76 Å². The third kappa shape index (κ3) is 2.45. The highest BCUT2D eigenvalue weighted by Gasteiger charge is 2.17. The Bertz CT molecular complexity index is 868. The van der Waals surface area contributed by atoms with E-state index in [2.05, 4.69) is 4.98 Å². The van der Waals surface area contributed by atoms with Crippen molar-refractivity contribution in [3.05, 3.63) is 53.5 Å². The molecule has 3 rings (SSSR count). The fourth-order valence-corrected chi connectivity index (χ4v) is 2.31. The predicted octanol–water partition coefficient (Wildman–Crippen LogP) is 3.64. The standard InChI is InChI=1S/C17H15FN2O2/c1-10-4-7-16(22-10)15-9-13(17(21)20(2)3)12-8-11(18)5-6-14(12)19-15/h4-9H,1-3H3. The minimum atomic E-state index is -0.399.